The lowest BCUT2D eigenvalue weighted by molar-refractivity contribution is 0.505. The van der Waals surface area contributed by atoms with Crippen LogP contribution in [0.25, 0.3) is 0 Å². The molecule has 2 heterocycles. The van der Waals surface area contributed by atoms with Crippen LogP contribution in [0.3, 0.4) is 0 Å². The molecule has 1 atom stereocenters. The SMILES string of the molecule is CCc1occc1C(NC)c1sc(C)cc1Br. The molecule has 0 saturated heterocycles. The van der Waals surface area contributed by atoms with Crippen molar-refractivity contribution < 1.29 is 4.42 Å². The van der Waals surface area contributed by atoms with E-state index in [0.717, 1.165) is 12.2 Å². The van der Waals surface area contributed by atoms with Gasteiger partial charge in [0, 0.05) is 26.2 Å². The van der Waals surface area contributed by atoms with E-state index in [1.54, 1.807) is 6.26 Å². The van der Waals surface area contributed by atoms with Crippen molar-refractivity contribution in [2.75, 3.05) is 7.05 Å². The van der Waals surface area contributed by atoms with Gasteiger partial charge in [-0.05, 0) is 42.0 Å². The summed E-state index contributed by atoms with van der Waals surface area (Å²) >= 11 is 5.44. The molecule has 0 fully saturated rings. The molecule has 4 heteroatoms. The van der Waals surface area contributed by atoms with Crippen molar-refractivity contribution in [3.8, 4) is 0 Å². The van der Waals surface area contributed by atoms with Gasteiger partial charge in [0.15, 0.2) is 0 Å². The van der Waals surface area contributed by atoms with Gasteiger partial charge in [-0.25, -0.2) is 0 Å². The molecule has 0 radical (unpaired) electrons. The first-order valence-electron chi connectivity index (χ1n) is 5.66. The smallest absolute Gasteiger partial charge is 0.108 e. The number of aryl methyl sites for hydroxylation is 2. The lowest BCUT2D eigenvalue weighted by atomic mass is 10.1. The lowest BCUT2D eigenvalue weighted by Crippen LogP contribution is -2.17. The van der Waals surface area contributed by atoms with Crippen LogP contribution in [0.5, 0.6) is 0 Å². The maximum absolute atomic E-state index is 5.51. The highest BCUT2D eigenvalue weighted by Gasteiger charge is 2.21. The summed E-state index contributed by atoms with van der Waals surface area (Å²) < 4.78 is 6.68. The second-order valence-electron chi connectivity index (χ2n) is 3.94. The minimum Gasteiger partial charge on any atom is -0.469 e. The number of hydrogen-bond acceptors (Lipinski definition) is 3. The molecule has 2 nitrogen and oxygen atoms in total. The molecule has 1 unspecified atom stereocenters. The van der Waals surface area contributed by atoms with E-state index in [0.29, 0.717) is 0 Å². The van der Waals surface area contributed by atoms with Crippen LogP contribution in [0.2, 0.25) is 0 Å². The third-order valence-electron chi connectivity index (χ3n) is 2.80. The highest BCUT2D eigenvalue weighted by molar-refractivity contribution is 9.10. The zero-order valence-corrected chi connectivity index (χ0v) is 12.6. The fourth-order valence-corrected chi connectivity index (χ4v) is 4.03. The highest BCUT2D eigenvalue weighted by atomic mass is 79.9. The quantitative estimate of drug-likeness (QED) is 0.911. The molecule has 0 amide bonds. The minimum atomic E-state index is 0.205. The summed E-state index contributed by atoms with van der Waals surface area (Å²) in [5.74, 6) is 1.06. The van der Waals surface area contributed by atoms with Gasteiger partial charge in [-0.3, -0.25) is 0 Å². The average Bonchev–Trinajstić information content (AvgIpc) is 2.88. The zero-order chi connectivity index (χ0) is 12.4. The van der Waals surface area contributed by atoms with Crippen molar-refractivity contribution in [2.45, 2.75) is 26.3 Å². The molecular formula is C13H16BrNOS. The van der Waals surface area contributed by atoms with Crippen LogP contribution in [0.15, 0.2) is 27.3 Å². The van der Waals surface area contributed by atoms with Crippen molar-refractivity contribution in [3.05, 3.63) is 43.9 Å². The Kier molecular flexibility index (Phi) is 4.07. The van der Waals surface area contributed by atoms with Crippen LogP contribution >= 0.6 is 27.3 Å². The maximum atomic E-state index is 5.51. The largest absolute Gasteiger partial charge is 0.469 e. The first kappa shape index (κ1) is 12.9. The zero-order valence-electron chi connectivity index (χ0n) is 10.2. The van der Waals surface area contributed by atoms with E-state index in [4.69, 9.17) is 4.42 Å². The van der Waals surface area contributed by atoms with Crippen molar-refractivity contribution in [1.29, 1.82) is 0 Å². The third kappa shape index (κ3) is 2.49. The standard InChI is InChI=1S/C13H16BrNOS/c1-4-11-9(5-6-16-11)12(15-3)13-10(14)7-8(2)17-13/h5-7,12,15H,4H2,1-3H3. The van der Waals surface area contributed by atoms with Gasteiger partial charge in [0.1, 0.15) is 5.76 Å². The molecule has 0 aromatic carbocycles. The predicted molar refractivity (Wildman–Crippen MR) is 75.7 cm³/mol. The van der Waals surface area contributed by atoms with Gasteiger partial charge < -0.3 is 9.73 Å². The molecule has 2 aromatic heterocycles. The first-order chi connectivity index (χ1) is 8.17. The number of hydrogen-bond donors (Lipinski definition) is 1. The Morgan fingerprint density at radius 1 is 1.53 bits per heavy atom. The molecule has 0 aliphatic carbocycles. The van der Waals surface area contributed by atoms with Crippen molar-refractivity contribution in [2.24, 2.45) is 0 Å². The minimum absolute atomic E-state index is 0.205. The van der Waals surface area contributed by atoms with Crippen molar-refractivity contribution >= 4 is 27.3 Å². The normalized spacial score (nSPS) is 12.9. The molecule has 2 rings (SSSR count). The van der Waals surface area contributed by atoms with Crippen LogP contribution in [-0.2, 0) is 6.42 Å². The molecule has 92 valence electrons. The molecule has 0 saturated carbocycles. The summed E-state index contributed by atoms with van der Waals surface area (Å²) in [6.07, 6.45) is 2.69. The fraction of sp³-hybridized carbons (Fsp3) is 0.385. The van der Waals surface area contributed by atoms with E-state index >= 15 is 0 Å². The third-order valence-corrected chi connectivity index (χ3v) is 4.83. The lowest BCUT2D eigenvalue weighted by Gasteiger charge is -2.15. The average molecular weight is 314 g/mol. The summed E-state index contributed by atoms with van der Waals surface area (Å²) in [5.41, 5.74) is 1.23. The van der Waals surface area contributed by atoms with Gasteiger partial charge in [-0.1, -0.05) is 6.92 Å². The second kappa shape index (κ2) is 5.38. The molecule has 0 spiro atoms. The Hall–Kier alpha value is -0.580. The summed E-state index contributed by atoms with van der Waals surface area (Å²) in [6.45, 7) is 4.24. The van der Waals surface area contributed by atoms with Gasteiger partial charge >= 0.3 is 0 Å². The van der Waals surface area contributed by atoms with E-state index in [1.807, 2.05) is 18.4 Å². The molecule has 0 bridgehead atoms. The van der Waals surface area contributed by atoms with Gasteiger partial charge in [0.25, 0.3) is 0 Å². The van der Waals surface area contributed by atoms with Crippen molar-refractivity contribution in [1.82, 2.24) is 5.32 Å². The number of thiophene rings is 1. The second-order valence-corrected chi connectivity index (χ2v) is 6.09. The van der Waals surface area contributed by atoms with Gasteiger partial charge in [0.05, 0.1) is 12.3 Å². The van der Waals surface area contributed by atoms with E-state index in [-0.39, 0.29) is 6.04 Å². The topological polar surface area (TPSA) is 25.2 Å². The Labute approximate surface area is 114 Å². The Morgan fingerprint density at radius 3 is 2.82 bits per heavy atom. The molecule has 17 heavy (non-hydrogen) atoms. The monoisotopic (exact) mass is 313 g/mol. The fourth-order valence-electron chi connectivity index (χ4n) is 2.02. The van der Waals surface area contributed by atoms with E-state index < -0.39 is 0 Å². The molecule has 0 aliphatic rings. The number of furan rings is 1. The summed E-state index contributed by atoms with van der Waals surface area (Å²) in [4.78, 5) is 2.62. The van der Waals surface area contributed by atoms with E-state index in [9.17, 15) is 0 Å². The summed E-state index contributed by atoms with van der Waals surface area (Å²) in [7, 11) is 1.98. The predicted octanol–water partition coefficient (Wildman–Crippen LogP) is 4.28. The van der Waals surface area contributed by atoms with Gasteiger partial charge in [-0.15, -0.1) is 11.3 Å². The molecule has 2 aromatic rings. The van der Waals surface area contributed by atoms with Crippen LogP contribution in [0, 0.1) is 6.92 Å². The van der Waals surface area contributed by atoms with Gasteiger partial charge in [-0.2, -0.15) is 0 Å². The maximum Gasteiger partial charge on any atom is 0.108 e. The van der Waals surface area contributed by atoms with E-state index in [2.05, 4.69) is 47.2 Å². The van der Waals surface area contributed by atoms with Crippen LogP contribution in [-0.4, -0.2) is 7.05 Å². The molecule has 1 N–H and O–H groups in total. The van der Waals surface area contributed by atoms with Crippen LogP contribution in [0.1, 0.15) is 34.0 Å². The van der Waals surface area contributed by atoms with Crippen molar-refractivity contribution in [3.63, 3.8) is 0 Å². The van der Waals surface area contributed by atoms with E-state index in [1.165, 1.54) is 19.8 Å². The van der Waals surface area contributed by atoms with Crippen LogP contribution in [0.4, 0.5) is 0 Å². The number of halogens is 1. The Balaban J connectivity index is 2.43. The number of rotatable bonds is 4. The highest BCUT2D eigenvalue weighted by Crippen LogP contribution is 2.36. The van der Waals surface area contributed by atoms with Crippen LogP contribution < -0.4 is 5.32 Å². The Morgan fingerprint density at radius 2 is 2.29 bits per heavy atom. The summed E-state index contributed by atoms with van der Waals surface area (Å²) in [6, 6.07) is 4.43. The summed E-state index contributed by atoms with van der Waals surface area (Å²) in [5, 5.41) is 3.37. The molecule has 0 aliphatic heterocycles. The molecular weight excluding hydrogens is 298 g/mol. The number of nitrogens with one attached hydrogen (secondary N) is 1. The first-order valence-corrected chi connectivity index (χ1v) is 7.27. The van der Waals surface area contributed by atoms with Gasteiger partial charge in [0.2, 0.25) is 0 Å². The Bertz CT molecular complexity index is 503.